The van der Waals surface area contributed by atoms with Gasteiger partial charge in [-0.3, -0.25) is 9.78 Å². The number of likely N-dealkylation sites (N-methyl/N-ethyl adjacent to an activating group) is 1. The van der Waals surface area contributed by atoms with E-state index in [4.69, 9.17) is 9.72 Å². The molecule has 9 nitrogen and oxygen atoms in total. The standard InChI is InChI=1S/C29H34N6O3/c1-29(2,18-36)19-38-22-6-8-30-25(17-22)24-7-9-31-27(33-24)15-20-4-5-23-21(14-20)16-26(32-23)28(37)35-12-10-34(3)11-13-35/h4-9,14,16-17,32,36H,10-13,15,18-19H2,1-3H3. The van der Waals surface area contributed by atoms with Crippen LogP contribution in [0.15, 0.2) is 54.9 Å². The lowest BCUT2D eigenvalue weighted by Crippen LogP contribution is -2.47. The number of piperazine rings is 1. The predicted octanol–water partition coefficient (Wildman–Crippen LogP) is 3.40. The normalized spacial score (nSPS) is 14.7. The molecule has 198 valence electrons. The lowest BCUT2D eigenvalue weighted by atomic mass is 9.97. The molecule has 9 heteroatoms. The first-order valence-corrected chi connectivity index (χ1v) is 12.9. The lowest BCUT2D eigenvalue weighted by molar-refractivity contribution is 0.0659. The highest BCUT2D eigenvalue weighted by atomic mass is 16.5. The number of nitrogens with zero attached hydrogens (tertiary/aromatic N) is 5. The van der Waals surface area contributed by atoms with Gasteiger partial charge in [-0.1, -0.05) is 19.9 Å². The van der Waals surface area contributed by atoms with Crippen molar-refractivity contribution in [2.24, 2.45) is 5.41 Å². The summed E-state index contributed by atoms with van der Waals surface area (Å²) < 4.78 is 5.88. The van der Waals surface area contributed by atoms with Gasteiger partial charge in [0.2, 0.25) is 0 Å². The van der Waals surface area contributed by atoms with Gasteiger partial charge in [-0.2, -0.15) is 0 Å². The molecular formula is C29H34N6O3. The van der Waals surface area contributed by atoms with Crippen LogP contribution in [0.3, 0.4) is 0 Å². The molecule has 1 aliphatic rings. The van der Waals surface area contributed by atoms with Crippen LogP contribution in [-0.4, -0.2) is 87.2 Å². The zero-order chi connectivity index (χ0) is 26.7. The van der Waals surface area contributed by atoms with Crippen LogP contribution in [0.1, 0.15) is 35.7 Å². The van der Waals surface area contributed by atoms with Gasteiger partial charge in [0.15, 0.2) is 0 Å². The zero-order valence-corrected chi connectivity index (χ0v) is 22.1. The highest BCUT2D eigenvalue weighted by molar-refractivity contribution is 5.98. The van der Waals surface area contributed by atoms with Crippen LogP contribution in [0.2, 0.25) is 0 Å². The number of amides is 1. The van der Waals surface area contributed by atoms with E-state index in [1.807, 2.05) is 49.1 Å². The second kappa shape index (κ2) is 10.9. The predicted molar refractivity (Wildman–Crippen MR) is 146 cm³/mol. The van der Waals surface area contributed by atoms with E-state index in [1.54, 1.807) is 18.5 Å². The first-order chi connectivity index (χ1) is 18.3. The molecule has 1 saturated heterocycles. The van der Waals surface area contributed by atoms with Gasteiger partial charge < -0.3 is 24.6 Å². The Hall–Kier alpha value is -3.82. The molecule has 1 fully saturated rings. The maximum atomic E-state index is 13.0. The SMILES string of the molecule is CN1CCN(C(=O)c2cc3cc(Cc4nccc(-c5cc(OCC(C)(C)CO)ccn5)n4)ccc3[nH]2)CC1. The summed E-state index contributed by atoms with van der Waals surface area (Å²) in [6.07, 6.45) is 3.99. The minimum absolute atomic E-state index is 0.0443. The summed E-state index contributed by atoms with van der Waals surface area (Å²) in [4.78, 5) is 34.1. The number of ether oxygens (including phenoxy) is 1. The molecule has 0 aliphatic carbocycles. The minimum atomic E-state index is -0.329. The first kappa shape index (κ1) is 25.8. The number of rotatable bonds is 8. The van der Waals surface area contributed by atoms with Crippen molar-refractivity contribution < 1.29 is 14.6 Å². The van der Waals surface area contributed by atoms with Crippen LogP contribution in [0.25, 0.3) is 22.3 Å². The van der Waals surface area contributed by atoms with Gasteiger partial charge in [0.05, 0.1) is 24.6 Å². The number of H-pyrrole nitrogens is 1. The molecule has 1 amide bonds. The topological polar surface area (TPSA) is 107 Å². The summed E-state index contributed by atoms with van der Waals surface area (Å²) in [7, 11) is 2.08. The Labute approximate surface area is 222 Å². The number of aliphatic hydroxyl groups excluding tert-OH is 1. The number of carbonyl (C=O) groups excluding carboxylic acids is 1. The van der Waals surface area contributed by atoms with Crippen molar-refractivity contribution in [1.82, 2.24) is 29.7 Å². The van der Waals surface area contributed by atoms with E-state index in [0.717, 1.165) is 42.6 Å². The Morgan fingerprint density at radius 2 is 1.82 bits per heavy atom. The van der Waals surface area contributed by atoms with Crippen molar-refractivity contribution in [3.8, 4) is 17.1 Å². The molecule has 3 aromatic heterocycles. The summed E-state index contributed by atoms with van der Waals surface area (Å²) in [5.41, 5.74) is 3.70. The van der Waals surface area contributed by atoms with Gasteiger partial charge in [-0.05, 0) is 42.9 Å². The zero-order valence-electron chi connectivity index (χ0n) is 22.1. The Morgan fingerprint density at radius 1 is 1.03 bits per heavy atom. The van der Waals surface area contributed by atoms with E-state index in [9.17, 15) is 9.90 Å². The van der Waals surface area contributed by atoms with Crippen LogP contribution in [0, 0.1) is 5.41 Å². The fourth-order valence-electron chi connectivity index (χ4n) is 4.36. The summed E-state index contributed by atoms with van der Waals surface area (Å²) in [5.74, 6) is 1.41. The van der Waals surface area contributed by atoms with Gasteiger partial charge in [0.1, 0.15) is 17.3 Å². The molecule has 0 bridgehead atoms. The third-order valence-electron chi connectivity index (χ3n) is 6.83. The largest absolute Gasteiger partial charge is 0.493 e. The molecule has 1 aromatic carbocycles. The molecule has 38 heavy (non-hydrogen) atoms. The summed E-state index contributed by atoms with van der Waals surface area (Å²) >= 11 is 0. The number of pyridine rings is 1. The highest BCUT2D eigenvalue weighted by Crippen LogP contribution is 2.24. The molecule has 0 radical (unpaired) electrons. The van der Waals surface area contributed by atoms with E-state index in [0.29, 0.717) is 41.7 Å². The maximum absolute atomic E-state index is 13.0. The minimum Gasteiger partial charge on any atom is -0.493 e. The van der Waals surface area contributed by atoms with Crippen LogP contribution in [0.5, 0.6) is 5.75 Å². The molecule has 0 unspecified atom stereocenters. The lowest BCUT2D eigenvalue weighted by Gasteiger charge is -2.32. The van der Waals surface area contributed by atoms with Crippen molar-refractivity contribution in [3.63, 3.8) is 0 Å². The number of hydrogen-bond donors (Lipinski definition) is 2. The number of aromatic nitrogens is 4. The van der Waals surface area contributed by atoms with Crippen molar-refractivity contribution in [1.29, 1.82) is 0 Å². The van der Waals surface area contributed by atoms with Gasteiger partial charge in [0.25, 0.3) is 5.91 Å². The van der Waals surface area contributed by atoms with E-state index in [2.05, 4.69) is 33.0 Å². The number of fused-ring (bicyclic) bond motifs is 1. The van der Waals surface area contributed by atoms with Gasteiger partial charge in [-0.25, -0.2) is 9.97 Å². The van der Waals surface area contributed by atoms with Crippen LogP contribution in [-0.2, 0) is 6.42 Å². The number of hydrogen-bond acceptors (Lipinski definition) is 7. The summed E-state index contributed by atoms with van der Waals surface area (Å²) in [6.45, 7) is 7.61. The first-order valence-electron chi connectivity index (χ1n) is 12.9. The van der Waals surface area contributed by atoms with Gasteiger partial charge in [0, 0.05) is 67.4 Å². The van der Waals surface area contributed by atoms with E-state index in [1.165, 1.54) is 0 Å². The third-order valence-corrected chi connectivity index (χ3v) is 6.83. The fraction of sp³-hybridized carbons (Fsp3) is 0.379. The number of benzene rings is 1. The number of aromatic amines is 1. The molecule has 0 atom stereocenters. The van der Waals surface area contributed by atoms with Crippen molar-refractivity contribution in [2.75, 3.05) is 46.4 Å². The fourth-order valence-corrected chi connectivity index (χ4v) is 4.36. The Bertz CT molecular complexity index is 1420. The van der Waals surface area contributed by atoms with E-state index < -0.39 is 0 Å². The third kappa shape index (κ3) is 6.00. The van der Waals surface area contributed by atoms with Crippen LogP contribution >= 0.6 is 0 Å². The number of nitrogens with one attached hydrogen (secondary N) is 1. The quantitative estimate of drug-likeness (QED) is 0.371. The maximum Gasteiger partial charge on any atom is 0.270 e. The van der Waals surface area contributed by atoms with Crippen LogP contribution < -0.4 is 4.74 Å². The average molecular weight is 515 g/mol. The monoisotopic (exact) mass is 514 g/mol. The number of carbonyl (C=O) groups is 1. The summed E-state index contributed by atoms with van der Waals surface area (Å²) in [6, 6.07) is 13.5. The van der Waals surface area contributed by atoms with E-state index >= 15 is 0 Å². The molecule has 0 spiro atoms. The van der Waals surface area contributed by atoms with Crippen molar-refractivity contribution in [3.05, 3.63) is 71.9 Å². The Balaban J connectivity index is 1.30. The van der Waals surface area contributed by atoms with Gasteiger partial charge >= 0.3 is 0 Å². The molecule has 0 saturated carbocycles. The molecule has 4 aromatic rings. The molecule has 5 rings (SSSR count). The molecule has 2 N–H and O–H groups in total. The van der Waals surface area contributed by atoms with Gasteiger partial charge in [-0.15, -0.1) is 0 Å². The van der Waals surface area contributed by atoms with Crippen molar-refractivity contribution >= 4 is 16.8 Å². The van der Waals surface area contributed by atoms with E-state index in [-0.39, 0.29) is 17.9 Å². The van der Waals surface area contributed by atoms with Crippen molar-refractivity contribution in [2.45, 2.75) is 20.3 Å². The number of aliphatic hydroxyl groups is 1. The highest BCUT2D eigenvalue weighted by Gasteiger charge is 2.22. The molecule has 1 aliphatic heterocycles. The average Bonchev–Trinajstić information content (AvgIpc) is 3.36. The Morgan fingerprint density at radius 3 is 2.61 bits per heavy atom. The molecular weight excluding hydrogens is 480 g/mol. The second-order valence-electron chi connectivity index (χ2n) is 10.7. The smallest absolute Gasteiger partial charge is 0.270 e. The Kier molecular flexibility index (Phi) is 7.40. The summed E-state index contributed by atoms with van der Waals surface area (Å²) in [5, 5.41) is 10.5. The molecule has 4 heterocycles. The van der Waals surface area contributed by atoms with Crippen LogP contribution in [0.4, 0.5) is 0 Å². The second-order valence-corrected chi connectivity index (χ2v) is 10.7.